The van der Waals surface area contributed by atoms with Crippen molar-refractivity contribution in [3.63, 3.8) is 0 Å². The number of anilines is 1. The van der Waals surface area contributed by atoms with Crippen LogP contribution in [0.2, 0.25) is 0 Å². The third-order valence-electron chi connectivity index (χ3n) is 4.47. The van der Waals surface area contributed by atoms with E-state index >= 15 is 0 Å². The zero-order valence-electron chi connectivity index (χ0n) is 16.7. The van der Waals surface area contributed by atoms with Crippen LogP contribution in [0.25, 0.3) is 6.08 Å². The van der Waals surface area contributed by atoms with E-state index in [0.29, 0.717) is 33.8 Å². The molecule has 1 heterocycles. The van der Waals surface area contributed by atoms with Gasteiger partial charge in [-0.2, -0.15) is 0 Å². The molecule has 2 aromatic carbocycles. The van der Waals surface area contributed by atoms with Crippen LogP contribution >= 0.6 is 24.0 Å². The summed E-state index contributed by atoms with van der Waals surface area (Å²) < 4.78 is 11.8. The Morgan fingerprint density at radius 1 is 1.28 bits per heavy atom. The predicted molar refractivity (Wildman–Crippen MR) is 125 cm³/mol. The van der Waals surface area contributed by atoms with E-state index in [4.69, 9.17) is 21.7 Å². The van der Waals surface area contributed by atoms with Crippen molar-refractivity contribution in [3.05, 3.63) is 70.6 Å². The number of amides is 1. The van der Waals surface area contributed by atoms with E-state index in [2.05, 4.69) is 6.58 Å². The lowest BCUT2D eigenvalue weighted by molar-refractivity contribution is -0.113. The number of carbonyl (C=O) groups is 1. The summed E-state index contributed by atoms with van der Waals surface area (Å²) in [6.07, 6.45) is 4.30. The number of para-hydroxylation sites is 1. The van der Waals surface area contributed by atoms with Crippen LogP contribution in [0.5, 0.6) is 11.5 Å². The Kier molecular flexibility index (Phi) is 6.77. The van der Waals surface area contributed by atoms with Crippen LogP contribution in [-0.2, 0) is 11.2 Å². The van der Waals surface area contributed by atoms with Crippen molar-refractivity contribution in [2.24, 2.45) is 0 Å². The Balaban J connectivity index is 2.02. The quantitative estimate of drug-likeness (QED) is 0.331. The van der Waals surface area contributed by atoms with Gasteiger partial charge in [0.1, 0.15) is 0 Å². The van der Waals surface area contributed by atoms with E-state index < -0.39 is 0 Å². The van der Waals surface area contributed by atoms with Crippen LogP contribution in [0.3, 0.4) is 0 Å². The van der Waals surface area contributed by atoms with Gasteiger partial charge in [-0.3, -0.25) is 9.69 Å². The third kappa shape index (κ3) is 4.38. The minimum Gasteiger partial charge on any atom is -0.493 e. The number of ether oxygens (including phenoxy) is 2. The van der Waals surface area contributed by atoms with Crippen molar-refractivity contribution in [3.8, 4) is 11.5 Å². The first-order valence-corrected chi connectivity index (χ1v) is 10.5. The van der Waals surface area contributed by atoms with Gasteiger partial charge < -0.3 is 9.47 Å². The Morgan fingerprint density at radius 2 is 2.03 bits per heavy atom. The minimum atomic E-state index is -0.117. The molecule has 1 fully saturated rings. The second kappa shape index (κ2) is 9.29. The van der Waals surface area contributed by atoms with Gasteiger partial charge in [-0.1, -0.05) is 48.3 Å². The lowest BCUT2D eigenvalue weighted by atomic mass is 10.0. The zero-order chi connectivity index (χ0) is 21.0. The summed E-state index contributed by atoms with van der Waals surface area (Å²) in [5, 5.41) is 0. The second-order valence-electron chi connectivity index (χ2n) is 6.44. The highest BCUT2D eigenvalue weighted by Gasteiger charge is 2.34. The number of allylic oxidation sites excluding steroid dienone is 1. The first-order valence-electron chi connectivity index (χ1n) is 9.28. The molecule has 0 atom stereocenters. The van der Waals surface area contributed by atoms with Gasteiger partial charge in [0, 0.05) is 5.56 Å². The molecule has 6 heteroatoms. The smallest absolute Gasteiger partial charge is 0.270 e. The number of nitrogens with zero attached hydrogens (tertiary/aromatic N) is 1. The number of thioether (sulfide) groups is 1. The molecular formula is C23H23NO3S2. The third-order valence-corrected chi connectivity index (χ3v) is 5.77. The van der Waals surface area contributed by atoms with Crippen LogP contribution < -0.4 is 14.4 Å². The number of hydrogen-bond acceptors (Lipinski definition) is 5. The summed E-state index contributed by atoms with van der Waals surface area (Å²) in [7, 11) is 1.62. The van der Waals surface area contributed by atoms with Crippen LogP contribution in [-0.4, -0.2) is 23.9 Å². The summed E-state index contributed by atoms with van der Waals surface area (Å²) in [4.78, 5) is 15.3. The van der Waals surface area contributed by atoms with Gasteiger partial charge in [-0.25, -0.2) is 0 Å². The SMILES string of the molecule is C=CCc1cc(/C=C2/SC(=S)N(c3ccccc3C)C2=O)cc(OCC)c1OC. The summed E-state index contributed by atoms with van der Waals surface area (Å²) in [6, 6.07) is 11.6. The molecule has 2 aromatic rings. The van der Waals surface area contributed by atoms with Crippen molar-refractivity contribution in [2.45, 2.75) is 20.3 Å². The highest BCUT2D eigenvalue weighted by atomic mass is 32.2. The van der Waals surface area contributed by atoms with Gasteiger partial charge in [0.15, 0.2) is 15.8 Å². The Hall–Kier alpha value is -2.57. The largest absolute Gasteiger partial charge is 0.493 e. The topological polar surface area (TPSA) is 38.8 Å². The monoisotopic (exact) mass is 425 g/mol. The van der Waals surface area contributed by atoms with Crippen molar-refractivity contribution >= 4 is 46.0 Å². The van der Waals surface area contributed by atoms with Gasteiger partial charge >= 0.3 is 0 Å². The average Bonchev–Trinajstić information content (AvgIpc) is 2.96. The Morgan fingerprint density at radius 3 is 2.69 bits per heavy atom. The van der Waals surface area contributed by atoms with Crippen molar-refractivity contribution < 1.29 is 14.3 Å². The molecular weight excluding hydrogens is 402 g/mol. The summed E-state index contributed by atoms with van der Waals surface area (Å²) in [5.41, 5.74) is 3.63. The molecule has 0 saturated carbocycles. The van der Waals surface area contributed by atoms with Crippen LogP contribution in [0.1, 0.15) is 23.6 Å². The maximum Gasteiger partial charge on any atom is 0.270 e. The van der Waals surface area contributed by atoms with E-state index in [-0.39, 0.29) is 5.91 Å². The van der Waals surface area contributed by atoms with Gasteiger partial charge in [0.25, 0.3) is 5.91 Å². The van der Waals surface area contributed by atoms with Crippen LogP contribution in [0.15, 0.2) is 54.0 Å². The molecule has 0 spiro atoms. The van der Waals surface area contributed by atoms with Gasteiger partial charge in [0.05, 0.1) is 24.3 Å². The van der Waals surface area contributed by atoms with E-state index in [1.807, 2.05) is 62.4 Å². The van der Waals surface area contributed by atoms with Crippen LogP contribution in [0, 0.1) is 6.92 Å². The highest BCUT2D eigenvalue weighted by Crippen LogP contribution is 2.39. The minimum absolute atomic E-state index is 0.117. The number of rotatable bonds is 7. The molecule has 0 N–H and O–H groups in total. The Labute approximate surface area is 181 Å². The van der Waals surface area contributed by atoms with E-state index in [1.165, 1.54) is 11.8 Å². The molecule has 3 rings (SSSR count). The first-order chi connectivity index (χ1) is 14.0. The lowest BCUT2D eigenvalue weighted by Gasteiger charge is -2.17. The highest BCUT2D eigenvalue weighted by molar-refractivity contribution is 8.27. The zero-order valence-corrected chi connectivity index (χ0v) is 18.4. The maximum absolute atomic E-state index is 13.1. The van der Waals surface area contributed by atoms with Crippen molar-refractivity contribution in [1.29, 1.82) is 0 Å². The fourth-order valence-electron chi connectivity index (χ4n) is 3.21. The molecule has 1 saturated heterocycles. The van der Waals surface area contributed by atoms with Gasteiger partial charge in [-0.15, -0.1) is 6.58 Å². The fourth-order valence-corrected chi connectivity index (χ4v) is 4.49. The van der Waals surface area contributed by atoms with Gasteiger partial charge in [0.2, 0.25) is 0 Å². The molecule has 0 unspecified atom stereocenters. The number of aryl methyl sites for hydroxylation is 1. The fraction of sp³-hybridized carbons (Fsp3) is 0.217. The standard InChI is InChI=1S/C23H23NO3S2/c1-5-9-17-12-16(13-19(27-6-2)21(17)26-4)14-20-22(25)24(23(28)29-20)18-11-8-7-10-15(18)3/h5,7-8,10-14H,1,6,9H2,2-4H3/b20-14+. The average molecular weight is 426 g/mol. The number of methoxy groups -OCH3 is 1. The normalized spacial score (nSPS) is 15.1. The molecule has 1 aliphatic rings. The molecule has 1 aliphatic heterocycles. The molecule has 0 aliphatic carbocycles. The van der Waals surface area contributed by atoms with Crippen molar-refractivity contribution in [1.82, 2.24) is 0 Å². The number of hydrogen-bond donors (Lipinski definition) is 0. The molecule has 4 nitrogen and oxygen atoms in total. The first kappa shape index (κ1) is 21.1. The van der Waals surface area contributed by atoms with E-state index in [1.54, 1.807) is 12.0 Å². The summed E-state index contributed by atoms with van der Waals surface area (Å²) in [6.45, 7) is 8.23. The molecule has 0 aromatic heterocycles. The summed E-state index contributed by atoms with van der Waals surface area (Å²) >= 11 is 6.80. The number of thiocarbonyl (C=S) groups is 1. The van der Waals surface area contributed by atoms with Crippen LogP contribution in [0.4, 0.5) is 5.69 Å². The van der Waals surface area contributed by atoms with E-state index in [9.17, 15) is 4.79 Å². The Bertz CT molecular complexity index is 998. The molecule has 0 radical (unpaired) electrons. The number of carbonyl (C=O) groups excluding carboxylic acids is 1. The molecule has 1 amide bonds. The maximum atomic E-state index is 13.1. The molecule has 0 bridgehead atoms. The van der Waals surface area contributed by atoms with Gasteiger partial charge in [-0.05, 0) is 55.7 Å². The predicted octanol–water partition coefficient (Wildman–Crippen LogP) is 5.54. The summed E-state index contributed by atoms with van der Waals surface area (Å²) in [5.74, 6) is 1.22. The number of benzene rings is 2. The molecule has 150 valence electrons. The lowest BCUT2D eigenvalue weighted by Crippen LogP contribution is -2.28. The van der Waals surface area contributed by atoms with E-state index in [0.717, 1.165) is 22.4 Å². The second-order valence-corrected chi connectivity index (χ2v) is 8.12. The van der Waals surface area contributed by atoms with Crippen molar-refractivity contribution in [2.75, 3.05) is 18.6 Å². The molecule has 29 heavy (non-hydrogen) atoms.